The van der Waals surface area contributed by atoms with Crippen LogP contribution in [0.4, 0.5) is 0 Å². The molecule has 1 fully saturated rings. The minimum atomic E-state index is -0.276. The third kappa shape index (κ3) is 3.84. The van der Waals surface area contributed by atoms with E-state index in [2.05, 4.69) is 43.0 Å². The normalized spacial score (nSPS) is 16.6. The van der Waals surface area contributed by atoms with Gasteiger partial charge in [-0.2, -0.15) is 5.10 Å². The third-order valence-corrected chi connectivity index (χ3v) is 6.62. The molecule has 1 aliphatic heterocycles. The molecule has 3 heterocycles. The molecule has 5 rings (SSSR count). The number of fused-ring (bicyclic) bond motifs is 1. The first-order valence-electron chi connectivity index (χ1n) is 11.5. The molecule has 2 aromatic carbocycles. The molecule has 1 atom stereocenters. The highest BCUT2D eigenvalue weighted by Crippen LogP contribution is 2.42. The van der Waals surface area contributed by atoms with Crippen molar-refractivity contribution in [2.45, 2.75) is 52.1 Å². The van der Waals surface area contributed by atoms with Crippen LogP contribution in [0.2, 0.25) is 5.02 Å². The van der Waals surface area contributed by atoms with Crippen LogP contribution in [0.3, 0.4) is 0 Å². The largest absolute Gasteiger partial charge is 0.356 e. The molecule has 170 valence electrons. The number of nitrogens with zero attached hydrogens (tertiary/aromatic N) is 3. The predicted octanol–water partition coefficient (Wildman–Crippen LogP) is 6.73. The van der Waals surface area contributed by atoms with E-state index in [-0.39, 0.29) is 17.5 Å². The van der Waals surface area contributed by atoms with Gasteiger partial charge in [0.15, 0.2) is 0 Å². The molecule has 0 bridgehead atoms. The second-order valence-electron chi connectivity index (χ2n) is 9.88. The number of carbonyl (C=O) groups excluding carboxylic acids is 1. The van der Waals surface area contributed by atoms with Gasteiger partial charge in [0.05, 0.1) is 17.3 Å². The molecule has 0 aliphatic carbocycles. The Labute approximate surface area is 199 Å². The fourth-order valence-corrected chi connectivity index (χ4v) is 5.14. The van der Waals surface area contributed by atoms with Gasteiger partial charge in [-0.05, 0) is 70.4 Å². The lowest BCUT2D eigenvalue weighted by Gasteiger charge is -2.28. The average molecular weight is 461 g/mol. The van der Waals surface area contributed by atoms with Crippen LogP contribution in [-0.2, 0) is 5.54 Å². The number of H-pyrrole nitrogens is 1. The number of aromatic amines is 1. The van der Waals surface area contributed by atoms with Gasteiger partial charge in [-0.15, -0.1) is 0 Å². The number of halogens is 1. The fourth-order valence-electron chi connectivity index (χ4n) is 4.97. The van der Waals surface area contributed by atoms with Crippen LogP contribution in [0.1, 0.15) is 61.5 Å². The molecule has 2 aromatic heterocycles. The monoisotopic (exact) mass is 460 g/mol. The van der Waals surface area contributed by atoms with E-state index < -0.39 is 0 Å². The van der Waals surface area contributed by atoms with E-state index in [0.29, 0.717) is 10.7 Å². The van der Waals surface area contributed by atoms with E-state index in [1.165, 1.54) is 0 Å². The molecule has 0 radical (unpaired) electrons. The number of carbonyl (C=O) groups is 1. The molecule has 5 nitrogen and oxygen atoms in total. The summed E-state index contributed by atoms with van der Waals surface area (Å²) in [6, 6.07) is 18.2. The average Bonchev–Trinajstić information content (AvgIpc) is 3.49. The maximum atomic E-state index is 13.9. The number of nitrogens with one attached hydrogen (secondary N) is 1. The summed E-state index contributed by atoms with van der Waals surface area (Å²) in [6.45, 7) is 8.89. The van der Waals surface area contributed by atoms with Crippen molar-refractivity contribution in [1.29, 1.82) is 0 Å². The Morgan fingerprint density at radius 1 is 1.12 bits per heavy atom. The van der Waals surface area contributed by atoms with Crippen molar-refractivity contribution in [3.05, 3.63) is 76.7 Å². The number of benzene rings is 2. The maximum absolute atomic E-state index is 13.9. The standard InChI is InChI=1S/C27H29ClN4O/c1-17-15-23(32(30-17)27(2,3)4)26(33)31-14-8-11-22(31)25-24(18-9-6-5-7-10-18)20-16-19(28)12-13-21(20)29-25/h5-7,9-10,12-13,15-16,22,29H,8,11,14H2,1-4H3. The molecule has 33 heavy (non-hydrogen) atoms. The zero-order chi connectivity index (χ0) is 23.3. The number of amides is 1. The SMILES string of the molecule is Cc1cc(C(=O)N2CCCC2c2[nH]c3ccc(Cl)cc3c2-c2ccccc2)n(C(C)(C)C)n1. The molecule has 1 saturated heterocycles. The summed E-state index contributed by atoms with van der Waals surface area (Å²) in [6.07, 6.45) is 1.87. The molecule has 0 spiro atoms. The lowest BCUT2D eigenvalue weighted by Crippen LogP contribution is -2.35. The van der Waals surface area contributed by atoms with Gasteiger partial charge in [-0.1, -0.05) is 41.9 Å². The van der Waals surface area contributed by atoms with E-state index in [0.717, 1.165) is 52.8 Å². The predicted molar refractivity (Wildman–Crippen MR) is 134 cm³/mol. The quantitative estimate of drug-likeness (QED) is 0.368. The second-order valence-corrected chi connectivity index (χ2v) is 10.3. The summed E-state index contributed by atoms with van der Waals surface area (Å²) in [5.41, 5.74) is 5.57. The van der Waals surface area contributed by atoms with Gasteiger partial charge in [0.25, 0.3) is 5.91 Å². The van der Waals surface area contributed by atoms with Gasteiger partial charge in [0.1, 0.15) is 5.69 Å². The van der Waals surface area contributed by atoms with E-state index >= 15 is 0 Å². The van der Waals surface area contributed by atoms with Crippen LogP contribution in [0.15, 0.2) is 54.6 Å². The Morgan fingerprint density at radius 3 is 2.61 bits per heavy atom. The van der Waals surface area contributed by atoms with Gasteiger partial charge >= 0.3 is 0 Å². The number of aromatic nitrogens is 3. The fraction of sp³-hybridized carbons (Fsp3) is 0.333. The van der Waals surface area contributed by atoms with Gasteiger partial charge in [-0.3, -0.25) is 9.48 Å². The van der Waals surface area contributed by atoms with Crippen LogP contribution in [0, 0.1) is 6.92 Å². The number of hydrogen-bond acceptors (Lipinski definition) is 2. The van der Waals surface area contributed by atoms with Crippen LogP contribution in [0.5, 0.6) is 0 Å². The Hall–Kier alpha value is -3.05. The summed E-state index contributed by atoms with van der Waals surface area (Å²) in [5.74, 6) is 0.0312. The molecular formula is C27H29ClN4O. The first-order valence-corrected chi connectivity index (χ1v) is 11.9. The van der Waals surface area contributed by atoms with Crippen LogP contribution >= 0.6 is 11.6 Å². The van der Waals surface area contributed by atoms with Crippen molar-refractivity contribution < 1.29 is 4.79 Å². The second kappa shape index (κ2) is 8.07. The van der Waals surface area contributed by atoms with Gasteiger partial charge < -0.3 is 9.88 Å². The van der Waals surface area contributed by atoms with Crippen molar-refractivity contribution in [2.75, 3.05) is 6.54 Å². The minimum absolute atomic E-state index is 0.0312. The summed E-state index contributed by atoms with van der Waals surface area (Å²) >= 11 is 6.38. The van der Waals surface area contributed by atoms with Crippen molar-refractivity contribution >= 4 is 28.4 Å². The Balaban J connectivity index is 1.63. The highest BCUT2D eigenvalue weighted by molar-refractivity contribution is 6.31. The van der Waals surface area contributed by atoms with E-state index in [4.69, 9.17) is 11.6 Å². The zero-order valence-electron chi connectivity index (χ0n) is 19.5. The Morgan fingerprint density at radius 2 is 1.88 bits per heavy atom. The first kappa shape index (κ1) is 21.8. The number of hydrogen-bond donors (Lipinski definition) is 1. The molecule has 0 saturated carbocycles. The molecule has 1 unspecified atom stereocenters. The summed E-state index contributed by atoms with van der Waals surface area (Å²) in [7, 11) is 0. The topological polar surface area (TPSA) is 53.9 Å². The lowest BCUT2D eigenvalue weighted by molar-refractivity contribution is 0.0713. The van der Waals surface area contributed by atoms with Gasteiger partial charge in [-0.25, -0.2) is 0 Å². The minimum Gasteiger partial charge on any atom is -0.356 e. The number of likely N-dealkylation sites (tertiary alicyclic amines) is 1. The molecule has 6 heteroatoms. The molecule has 1 aliphatic rings. The smallest absolute Gasteiger partial charge is 0.272 e. The van der Waals surface area contributed by atoms with Crippen molar-refractivity contribution in [3.8, 4) is 11.1 Å². The highest BCUT2D eigenvalue weighted by atomic mass is 35.5. The summed E-state index contributed by atoms with van der Waals surface area (Å²) in [4.78, 5) is 19.5. The third-order valence-electron chi connectivity index (χ3n) is 6.39. The molecule has 1 N–H and O–H groups in total. The van der Waals surface area contributed by atoms with Gasteiger partial charge in [0.2, 0.25) is 0 Å². The first-order chi connectivity index (χ1) is 15.7. The number of aryl methyl sites for hydroxylation is 1. The lowest BCUT2D eigenvalue weighted by atomic mass is 9.97. The van der Waals surface area contributed by atoms with E-state index in [1.807, 2.05) is 59.0 Å². The summed E-state index contributed by atoms with van der Waals surface area (Å²) in [5, 5.41) is 6.41. The van der Waals surface area contributed by atoms with Crippen LogP contribution < -0.4 is 0 Å². The van der Waals surface area contributed by atoms with Crippen molar-refractivity contribution in [1.82, 2.24) is 19.7 Å². The van der Waals surface area contributed by atoms with Crippen LogP contribution in [0.25, 0.3) is 22.0 Å². The van der Waals surface area contributed by atoms with E-state index in [1.54, 1.807) is 0 Å². The zero-order valence-corrected chi connectivity index (χ0v) is 20.3. The van der Waals surface area contributed by atoms with E-state index in [9.17, 15) is 4.79 Å². The van der Waals surface area contributed by atoms with Crippen molar-refractivity contribution in [2.24, 2.45) is 0 Å². The van der Waals surface area contributed by atoms with Crippen LogP contribution in [-0.4, -0.2) is 32.1 Å². The van der Waals surface area contributed by atoms with Gasteiger partial charge in [0, 0.05) is 33.7 Å². The molecule has 4 aromatic rings. The number of rotatable bonds is 3. The highest BCUT2D eigenvalue weighted by Gasteiger charge is 2.36. The Bertz CT molecular complexity index is 1330. The Kier molecular flexibility index (Phi) is 5.32. The maximum Gasteiger partial charge on any atom is 0.272 e. The molecular weight excluding hydrogens is 432 g/mol. The molecule has 1 amide bonds. The van der Waals surface area contributed by atoms with Crippen molar-refractivity contribution in [3.63, 3.8) is 0 Å². The summed E-state index contributed by atoms with van der Waals surface area (Å²) < 4.78 is 1.86.